The first kappa shape index (κ1) is 7.67. The zero-order valence-electron chi connectivity index (χ0n) is 6.79. The molecule has 0 spiro atoms. The van der Waals surface area contributed by atoms with Crippen LogP contribution in [-0.2, 0) is 0 Å². The molecule has 4 nitrogen and oxygen atoms in total. The monoisotopic (exact) mass is 173 g/mol. The topological polar surface area (TPSA) is 50.8 Å². The molecule has 0 N–H and O–H groups in total. The quantitative estimate of drug-likeness (QED) is 0.598. The van der Waals surface area contributed by atoms with Crippen LogP contribution in [0.5, 0.6) is 0 Å². The van der Waals surface area contributed by atoms with Crippen LogP contribution in [0, 0.1) is 0 Å². The molecule has 2 aliphatic heterocycles. The lowest BCUT2D eigenvalue weighted by Crippen LogP contribution is -1.66. The Hall–Kier alpha value is -1.97. The van der Waals surface area contributed by atoms with Gasteiger partial charge in [-0.25, -0.2) is 0 Å². The van der Waals surface area contributed by atoms with Gasteiger partial charge in [-0.1, -0.05) is 5.16 Å². The van der Waals surface area contributed by atoms with Gasteiger partial charge in [0.1, 0.15) is 6.26 Å². The van der Waals surface area contributed by atoms with Crippen LogP contribution < -0.4 is 0 Å². The van der Waals surface area contributed by atoms with Crippen molar-refractivity contribution in [1.82, 2.24) is 5.16 Å². The second kappa shape index (κ2) is 3.62. The predicted octanol–water partition coefficient (Wildman–Crippen LogP) is 1.60. The van der Waals surface area contributed by atoms with Gasteiger partial charge in [0.2, 0.25) is 0 Å². The highest BCUT2D eigenvalue weighted by Gasteiger charge is 2.07. The summed E-state index contributed by atoms with van der Waals surface area (Å²) < 4.78 is 4.33. The van der Waals surface area contributed by atoms with Gasteiger partial charge in [-0.3, -0.25) is 9.98 Å². The van der Waals surface area contributed by atoms with E-state index in [1.54, 1.807) is 24.7 Å². The van der Waals surface area contributed by atoms with Crippen molar-refractivity contribution in [2.75, 3.05) is 0 Å². The average molecular weight is 173 g/mol. The second-order valence-corrected chi connectivity index (χ2v) is 2.35. The van der Waals surface area contributed by atoms with Crippen molar-refractivity contribution < 1.29 is 4.52 Å². The third-order valence-electron chi connectivity index (χ3n) is 1.50. The number of allylic oxidation sites excluding steroid dienone is 2. The van der Waals surface area contributed by atoms with Crippen molar-refractivity contribution in [3.05, 3.63) is 42.1 Å². The average Bonchev–Trinajstić information content (AvgIpc) is 2.84. The summed E-state index contributed by atoms with van der Waals surface area (Å²) in [6.07, 6.45) is 10.4. The molecule has 13 heavy (non-hydrogen) atoms. The minimum Gasteiger partial charge on any atom is -0.365 e. The SMILES string of the molecule is C1=NC2=CC=NC2=C1.c1cnoc1. The van der Waals surface area contributed by atoms with Gasteiger partial charge in [0.05, 0.1) is 17.6 Å². The van der Waals surface area contributed by atoms with E-state index in [1.165, 1.54) is 6.26 Å². The molecular formula is C9H7N3O. The number of hydrogen-bond acceptors (Lipinski definition) is 4. The maximum absolute atomic E-state index is 4.33. The maximum atomic E-state index is 4.33. The van der Waals surface area contributed by atoms with Crippen LogP contribution in [0.1, 0.15) is 0 Å². The Morgan fingerprint density at radius 2 is 1.69 bits per heavy atom. The van der Waals surface area contributed by atoms with E-state index in [4.69, 9.17) is 0 Å². The molecule has 0 aliphatic carbocycles. The summed E-state index contributed by atoms with van der Waals surface area (Å²) in [5.41, 5.74) is 1.98. The Morgan fingerprint density at radius 3 is 2.08 bits per heavy atom. The molecule has 0 fully saturated rings. The third-order valence-corrected chi connectivity index (χ3v) is 1.50. The molecule has 0 saturated heterocycles. The van der Waals surface area contributed by atoms with Gasteiger partial charge in [-0.05, 0) is 18.2 Å². The summed E-state index contributed by atoms with van der Waals surface area (Å²) in [5, 5.41) is 3.35. The molecule has 0 radical (unpaired) electrons. The van der Waals surface area contributed by atoms with Gasteiger partial charge in [-0.15, -0.1) is 0 Å². The summed E-state index contributed by atoms with van der Waals surface area (Å²) in [6.45, 7) is 0. The zero-order chi connectivity index (χ0) is 8.93. The highest BCUT2D eigenvalue weighted by molar-refractivity contribution is 5.88. The van der Waals surface area contributed by atoms with E-state index in [0.29, 0.717) is 0 Å². The Labute approximate surface area is 75.0 Å². The lowest BCUT2D eigenvalue weighted by molar-refractivity contribution is 0.420. The largest absolute Gasteiger partial charge is 0.365 e. The molecule has 3 heterocycles. The van der Waals surface area contributed by atoms with Crippen molar-refractivity contribution in [2.24, 2.45) is 9.98 Å². The van der Waals surface area contributed by atoms with Crippen LogP contribution in [0.25, 0.3) is 0 Å². The number of aliphatic imine (C=N–C) groups is 2. The summed E-state index contributed by atoms with van der Waals surface area (Å²) in [7, 11) is 0. The standard InChI is InChI=1S/C6H4N2.C3H3NO/c1-3-7-6-2-4-8-5(1)6;1-2-4-5-3-1/h1-4H;1-3H. The molecule has 0 saturated carbocycles. The van der Waals surface area contributed by atoms with E-state index in [0.717, 1.165) is 11.4 Å². The molecule has 3 rings (SSSR count). The molecular weight excluding hydrogens is 166 g/mol. The van der Waals surface area contributed by atoms with E-state index in [9.17, 15) is 0 Å². The van der Waals surface area contributed by atoms with Crippen LogP contribution in [0.15, 0.2) is 56.6 Å². The van der Waals surface area contributed by atoms with Crippen LogP contribution in [-0.4, -0.2) is 17.6 Å². The van der Waals surface area contributed by atoms with Crippen LogP contribution in [0.2, 0.25) is 0 Å². The van der Waals surface area contributed by atoms with E-state index >= 15 is 0 Å². The molecule has 0 atom stereocenters. The summed E-state index contributed by atoms with van der Waals surface area (Å²) in [5.74, 6) is 0. The molecule has 1 aromatic rings. The first-order valence-corrected chi connectivity index (χ1v) is 3.80. The minimum atomic E-state index is 0.991. The molecule has 2 aliphatic rings. The smallest absolute Gasteiger partial charge is 0.123 e. The van der Waals surface area contributed by atoms with Crippen LogP contribution >= 0.6 is 0 Å². The number of fused-ring (bicyclic) bond motifs is 1. The van der Waals surface area contributed by atoms with Crippen molar-refractivity contribution in [3.63, 3.8) is 0 Å². The van der Waals surface area contributed by atoms with Crippen molar-refractivity contribution in [3.8, 4) is 0 Å². The van der Waals surface area contributed by atoms with Crippen molar-refractivity contribution in [1.29, 1.82) is 0 Å². The molecule has 1 aromatic heterocycles. The highest BCUT2D eigenvalue weighted by Crippen LogP contribution is 2.19. The van der Waals surface area contributed by atoms with Gasteiger partial charge in [0, 0.05) is 12.4 Å². The molecule has 0 unspecified atom stereocenters. The zero-order valence-corrected chi connectivity index (χ0v) is 6.79. The first-order valence-electron chi connectivity index (χ1n) is 3.80. The first-order chi connectivity index (χ1) is 6.47. The predicted molar refractivity (Wildman–Crippen MR) is 49.7 cm³/mol. The fourth-order valence-electron chi connectivity index (χ4n) is 0.941. The van der Waals surface area contributed by atoms with Gasteiger partial charge in [0.15, 0.2) is 0 Å². The third kappa shape index (κ3) is 1.79. The molecule has 0 amide bonds. The number of nitrogens with zero attached hydrogens (tertiary/aromatic N) is 3. The Bertz CT molecular complexity index is 342. The highest BCUT2D eigenvalue weighted by atomic mass is 16.5. The molecule has 64 valence electrons. The minimum absolute atomic E-state index is 0.991. The Kier molecular flexibility index (Phi) is 2.14. The number of hydrogen-bond donors (Lipinski definition) is 0. The van der Waals surface area contributed by atoms with Gasteiger partial charge >= 0.3 is 0 Å². The van der Waals surface area contributed by atoms with Crippen molar-refractivity contribution in [2.45, 2.75) is 0 Å². The molecule has 0 bridgehead atoms. The van der Waals surface area contributed by atoms with E-state index in [1.807, 2.05) is 12.2 Å². The van der Waals surface area contributed by atoms with Crippen LogP contribution in [0.4, 0.5) is 0 Å². The van der Waals surface area contributed by atoms with E-state index in [2.05, 4.69) is 19.7 Å². The Balaban J connectivity index is 0.000000113. The van der Waals surface area contributed by atoms with Gasteiger partial charge in [-0.2, -0.15) is 0 Å². The van der Waals surface area contributed by atoms with Gasteiger partial charge in [0.25, 0.3) is 0 Å². The van der Waals surface area contributed by atoms with Crippen molar-refractivity contribution >= 4 is 12.4 Å². The van der Waals surface area contributed by atoms with E-state index < -0.39 is 0 Å². The molecule has 0 aromatic carbocycles. The number of rotatable bonds is 0. The Morgan fingerprint density at radius 1 is 1.00 bits per heavy atom. The number of aromatic nitrogens is 1. The normalized spacial score (nSPS) is 16.0. The fraction of sp³-hybridized carbons (Fsp3) is 0. The lowest BCUT2D eigenvalue weighted by atomic mass is 10.4. The molecule has 4 heteroatoms. The lowest BCUT2D eigenvalue weighted by Gasteiger charge is -1.83. The van der Waals surface area contributed by atoms with E-state index in [-0.39, 0.29) is 0 Å². The van der Waals surface area contributed by atoms with Gasteiger partial charge < -0.3 is 4.52 Å². The summed E-state index contributed by atoms with van der Waals surface area (Å²) in [6, 6.07) is 1.72. The summed E-state index contributed by atoms with van der Waals surface area (Å²) >= 11 is 0. The second-order valence-electron chi connectivity index (χ2n) is 2.35. The maximum Gasteiger partial charge on any atom is 0.123 e. The summed E-state index contributed by atoms with van der Waals surface area (Å²) in [4.78, 5) is 8.03. The van der Waals surface area contributed by atoms with Crippen LogP contribution in [0.3, 0.4) is 0 Å². The fourth-order valence-corrected chi connectivity index (χ4v) is 0.941.